The Bertz CT molecular complexity index is 1200. The maximum atomic E-state index is 13.1. The normalized spacial score (nSPS) is 11.1. The quantitative estimate of drug-likeness (QED) is 0.487. The van der Waals surface area contributed by atoms with E-state index in [1.54, 1.807) is 30.3 Å². The van der Waals surface area contributed by atoms with E-state index in [2.05, 4.69) is 15.5 Å². The summed E-state index contributed by atoms with van der Waals surface area (Å²) in [4.78, 5) is 12.8. The lowest BCUT2D eigenvalue weighted by Gasteiger charge is -2.11. The van der Waals surface area contributed by atoms with Gasteiger partial charge in [0.2, 0.25) is 0 Å². The van der Waals surface area contributed by atoms with Gasteiger partial charge in [0.1, 0.15) is 11.6 Å². The van der Waals surface area contributed by atoms with E-state index in [1.807, 2.05) is 36.4 Å². The van der Waals surface area contributed by atoms with Crippen LogP contribution in [0.5, 0.6) is 5.75 Å². The van der Waals surface area contributed by atoms with Crippen molar-refractivity contribution < 1.29 is 13.9 Å². The molecule has 4 aromatic rings. The molecule has 3 aromatic carbocycles. The van der Waals surface area contributed by atoms with Crippen molar-refractivity contribution in [2.45, 2.75) is 6.54 Å². The van der Waals surface area contributed by atoms with E-state index < -0.39 is 0 Å². The number of hydrogen-bond acceptors (Lipinski definition) is 3. The molecule has 5 nitrogen and oxygen atoms in total. The second-order valence-corrected chi connectivity index (χ2v) is 6.73. The van der Waals surface area contributed by atoms with Crippen molar-refractivity contribution in [2.24, 2.45) is 0 Å². The Morgan fingerprint density at radius 3 is 2.57 bits per heavy atom. The van der Waals surface area contributed by atoms with E-state index in [0.717, 1.165) is 16.6 Å². The van der Waals surface area contributed by atoms with Gasteiger partial charge in [0, 0.05) is 6.54 Å². The van der Waals surface area contributed by atoms with Crippen LogP contribution in [0.4, 0.5) is 4.39 Å². The predicted octanol–water partition coefficient (Wildman–Crippen LogP) is 4.81. The Morgan fingerprint density at radius 1 is 1.07 bits per heavy atom. The molecule has 1 amide bonds. The van der Waals surface area contributed by atoms with Crippen LogP contribution in [-0.2, 0) is 6.54 Å². The van der Waals surface area contributed by atoms with Crippen LogP contribution in [0.25, 0.3) is 23.1 Å². The van der Waals surface area contributed by atoms with Gasteiger partial charge in [-0.1, -0.05) is 48.5 Å². The first-order valence-corrected chi connectivity index (χ1v) is 9.46. The summed E-state index contributed by atoms with van der Waals surface area (Å²) < 4.78 is 18.7. The molecule has 30 heavy (non-hydrogen) atoms. The molecule has 0 atom stereocenters. The molecule has 0 unspecified atom stereocenters. The highest BCUT2D eigenvalue weighted by Gasteiger charge is 2.18. The van der Waals surface area contributed by atoms with Gasteiger partial charge in [0.15, 0.2) is 0 Å². The van der Waals surface area contributed by atoms with Crippen molar-refractivity contribution in [3.8, 4) is 5.75 Å². The van der Waals surface area contributed by atoms with Gasteiger partial charge in [0.25, 0.3) is 5.91 Å². The molecule has 0 fully saturated rings. The lowest BCUT2D eigenvalue weighted by Crippen LogP contribution is -2.23. The molecule has 0 aliphatic carbocycles. The number of rotatable bonds is 6. The number of hydrogen-bond donors (Lipinski definition) is 2. The Morgan fingerprint density at radius 2 is 1.83 bits per heavy atom. The molecule has 0 bridgehead atoms. The van der Waals surface area contributed by atoms with Gasteiger partial charge < -0.3 is 10.1 Å². The number of carbonyl (C=O) groups excluding carboxylic acids is 1. The SMILES string of the molecule is COc1c(C(=O)NCc2ccccc2)ccc2[nH]nc(C=Cc3ccc(F)cc3)c12. The number of nitrogens with zero attached hydrogens (tertiary/aromatic N) is 1. The summed E-state index contributed by atoms with van der Waals surface area (Å²) in [5, 5.41) is 10.9. The van der Waals surface area contributed by atoms with Crippen LogP contribution in [-0.4, -0.2) is 23.2 Å². The maximum absolute atomic E-state index is 13.1. The third-order valence-electron chi connectivity index (χ3n) is 4.76. The number of carbonyl (C=O) groups is 1. The topological polar surface area (TPSA) is 67.0 Å². The summed E-state index contributed by atoms with van der Waals surface area (Å²) >= 11 is 0. The molecule has 1 heterocycles. The zero-order chi connectivity index (χ0) is 20.9. The Balaban J connectivity index is 1.64. The van der Waals surface area contributed by atoms with Gasteiger partial charge in [-0.3, -0.25) is 9.89 Å². The summed E-state index contributed by atoms with van der Waals surface area (Å²) in [7, 11) is 1.53. The average molecular weight is 401 g/mol. The molecule has 2 N–H and O–H groups in total. The Labute approximate surface area is 173 Å². The van der Waals surface area contributed by atoms with Gasteiger partial charge in [-0.25, -0.2) is 4.39 Å². The average Bonchev–Trinajstić information content (AvgIpc) is 3.20. The van der Waals surface area contributed by atoms with Crippen LogP contribution >= 0.6 is 0 Å². The zero-order valence-corrected chi connectivity index (χ0v) is 16.4. The van der Waals surface area contributed by atoms with E-state index in [4.69, 9.17) is 4.74 Å². The number of aromatic nitrogens is 2. The van der Waals surface area contributed by atoms with Crippen LogP contribution in [0.2, 0.25) is 0 Å². The first-order chi connectivity index (χ1) is 14.7. The largest absolute Gasteiger partial charge is 0.495 e. The summed E-state index contributed by atoms with van der Waals surface area (Å²) in [5.74, 6) is -0.0666. The molecule has 0 aliphatic rings. The van der Waals surface area contributed by atoms with E-state index >= 15 is 0 Å². The first-order valence-electron chi connectivity index (χ1n) is 9.46. The highest BCUT2D eigenvalue weighted by molar-refractivity contribution is 6.05. The van der Waals surface area contributed by atoms with Crippen molar-refractivity contribution in [1.82, 2.24) is 15.5 Å². The maximum Gasteiger partial charge on any atom is 0.255 e. The van der Waals surface area contributed by atoms with Crippen LogP contribution in [0.3, 0.4) is 0 Å². The summed E-state index contributed by atoms with van der Waals surface area (Å²) in [6, 6.07) is 19.4. The van der Waals surface area contributed by atoms with Crippen LogP contribution in [0.15, 0.2) is 66.7 Å². The smallest absolute Gasteiger partial charge is 0.255 e. The van der Waals surface area contributed by atoms with Gasteiger partial charge >= 0.3 is 0 Å². The van der Waals surface area contributed by atoms with Crippen molar-refractivity contribution in [3.63, 3.8) is 0 Å². The highest BCUT2D eigenvalue weighted by Crippen LogP contribution is 2.32. The highest BCUT2D eigenvalue weighted by atomic mass is 19.1. The van der Waals surface area contributed by atoms with Crippen molar-refractivity contribution in [1.29, 1.82) is 0 Å². The standard InChI is InChI=1S/C24H20FN3O2/c1-30-23-19(24(29)26-15-17-5-3-2-4-6-17)12-14-21-22(23)20(27-28-21)13-9-16-7-10-18(25)11-8-16/h2-14H,15H2,1H3,(H,26,29)(H,27,28). The molecule has 150 valence electrons. The van der Waals surface area contributed by atoms with Crippen molar-refractivity contribution in [2.75, 3.05) is 7.11 Å². The van der Waals surface area contributed by atoms with E-state index in [-0.39, 0.29) is 11.7 Å². The number of fused-ring (bicyclic) bond motifs is 1. The first kappa shape index (κ1) is 19.4. The van der Waals surface area contributed by atoms with E-state index in [1.165, 1.54) is 19.2 Å². The minimum atomic E-state index is -0.287. The summed E-state index contributed by atoms with van der Waals surface area (Å²) in [5.41, 5.74) is 3.66. The third-order valence-corrected chi connectivity index (χ3v) is 4.76. The number of nitrogens with one attached hydrogen (secondary N) is 2. The fraction of sp³-hybridized carbons (Fsp3) is 0.0833. The lowest BCUT2D eigenvalue weighted by molar-refractivity contribution is 0.0948. The fourth-order valence-electron chi connectivity index (χ4n) is 3.24. The number of amides is 1. The monoisotopic (exact) mass is 401 g/mol. The summed E-state index contributed by atoms with van der Waals surface area (Å²) in [6.07, 6.45) is 3.64. The molecule has 0 spiro atoms. The number of benzene rings is 3. The molecule has 1 aromatic heterocycles. The number of halogens is 1. The van der Waals surface area contributed by atoms with Crippen molar-refractivity contribution >= 4 is 29.0 Å². The van der Waals surface area contributed by atoms with E-state index in [9.17, 15) is 9.18 Å². The van der Waals surface area contributed by atoms with Crippen molar-refractivity contribution in [3.05, 3.63) is 94.9 Å². The van der Waals surface area contributed by atoms with Crippen LogP contribution in [0.1, 0.15) is 27.2 Å². The number of aromatic amines is 1. The second kappa shape index (κ2) is 8.61. The molecule has 6 heteroatoms. The summed E-state index contributed by atoms with van der Waals surface area (Å²) in [6.45, 7) is 0.420. The number of methoxy groups -OCH3 is 1. The van der Waals surface area contributed by atoms with E-state index in [0.29, 0.717) is 28.9 Å². The Hall–Kier alpha value is -3.93. The molecule has 0 saturated heterocycles. The zero-order valence-electron chi connectivity index (χ0n) is 16.4. The van der Waals surface area contributed by atoms with Crippen LogP contribution in [0, 0.1) is 5.82 Å². The second-order valence-electron chi connectivity index (χ2n) is 6.73. The molecular weight excluding hydrogens is 381 g/mol. The molecule has 0 radical (unpaired) electrons. The number of H-pyrrole nitrogens is 1. The fourth-order valence-corrected chi connectivity index (χ4v) is 3.24. The van der Waals surface area contributed by atoms with Gasteiger partial charge in [-0.15, -0.1) is 0 Å². The molecular formula is C24H20FN3O2. The predicted molar refractivity (Wildman–Crippen MR) is 116 cm³/mol. The molecule has 0 saturated carbocycles. The molecule has 0 aliphatic heterocycles. The van der Waals surface area contributed by atoms with Gasteiger partial charge in [-0.2, -0.15) is 5.10 Å². The lowest BCUT2D eigenvalue weighted by atomic mass is 10.1. The molecule has 4 rings (SSSR count). The van der Waals surface area contributed by atoms with Crippen LogP contribution < -0.4 is 10.1 Å². The third kappa shape index (κ3) is 4.07. The number of ether oxygens (including phenoxy) is 1. The van der Waals surface area contributed by atoms with Gasteiger partial charge in [-0.05, 0) is 41.5 Å². The minimum Gasteiger partial charge on any atom is -0.495 e. The minimum absolute atomic E-state index is 0.229. The van der Waals surface area contributed by atoms with Gasteiger partial charge in [0.05, 0.1) is 29.3 Å². The Kier molecular flexibility index (Phi) is 5.57.